The second kappa shape index (κ2) is 5.09. The molecule has 0 fully saturated rings. The van der Waals surface area contributed by atoms with Gasteiger partial charge in [-0.2, -0.15) is 0 Å². The summed E-state index contributed by atoms with van der Waals surface area (Å²) in [5, 5.41) is 9.55. The first kappa shape index (κ1) is 11.8. The van der Waals surface area contributed by atoms with Crippen molar-refractivity contribution < 1.29 is 9.90 Å². The van der Waals surface area contributed by atoms with Gasteiger partial charge in [-0.1, -0.05) is 6.92 Å². The Kier molecular flexibility index (Phi) is 3.53. The van der Waals surface area contributed by atoms with E-state index in [1.165, 1.54) is 11.8 Å². The van der Waals surface area contributed by atoms with Crippen LogP contribution >= 0.6 is 11.8 Å². The van der Waals surface area contributed by atoms with Crippen molar-refractivity contribution in [2.45, 2.75) is 11.9 Å². The Balaban J connectivity index is 2.12. The first-order chi connectivity index (χ1) is 8.16. The number of aromatic nitrogens is 3. The first-order valence-corrected chi connectivity index (χ1v) is 6.09. The first-order valence-electron chi connectivity index (χ1n) is 5.10. The van der Waals surface area contributed by atoms with Gasteiger partial charge in [-0.15, -0.1) is 11.8 Å². The van der Waals surface area contributed by atoms with E-state index in [0.717, 1.165) is 10.5 Å². The van der Waals surface area contributed by atoms with Gasteiger partial charge in [-0.25, -0.2) is 9.97 Å². The number of hydrogen-bond donors (Lipinski definition) is 1. The standard InChI is InChI=1S/C11H11N3O2S/c1-7(11(15)16)6-17-9-3-2-8-10(14-9)13-5-4-12-8/h2-5,7H,6H2,1H3,(H,15,16). The molecule has 2 rings (SSSR count). The van der Waals surface area contributed by atoms with Crippen LogP contribution in [0.3, 0.4) is 0 Å². The van der Waals surface area contributed by atoms with Gasteiger partial charge >= 0.3 is 5.97 Å². The smallest absolute Gasteiger partial charge is 0.307 e. The van der Waals surface area contributed by atoms with E-state index in [4.69, 9.17) is 5.11 Å². The maximum Gasteiger partial charge on any atom is 0.307 e. The summed E-state index contributed by atoms with van der Waals surface area (Å²) in [6.45, 7) is 1.68. The molecule has 0 amide bonds. The average Bonchev–Trinajstić information content (AvgIpc) is 2.35. The Morgan fingerprint density at radius 2 is 2.18 bits per heavy atom. The van der Waals surface area contributed by atoms with Crippen LogP contribution < -0.4 is 0 Å². The van der Waals surface area contributed by atoms with E-state index in [0.29, 0.717) is 11.4 Å². The number of rotatable bonds is 4. The fourth-order valence-corrected chi connectivity index (χ4v) is 2.08. The minimum Gasteiger partial charge on any atom is -0.481 e. The van der Waals surface area contributed by atoms with Crippen molar-refractivity contribution in [2.24, 2.45) is 5.92 Å². The Morgan fingerprint density at radius 3 is 2.94 bits per heavy atom. The number of carboxylic acid groups (broad SMARTS) is 1. The van der Waals surface area contributed by atoms with Crippen LogP contribution in [-0.4, -0.2) is 31.8 Å². The summed E-state index contributed by atoms with van der Waals surface area (Å²) in [5.74, 6) is -0.689. The molecule has 0 radical (unpaired) electrons. The average molecular weight is 249 g/mol. The van der Waals surface area contributed by atoms with Crippen molar-refractivity contribution >= 4 is 28.9 Å². The van der Waals surface area contributed by atoms with Crippen LogP contribution in [0.15, 0.2) is 29.6 Å². The number of thioether (sulfide) groups is 1. The van der Waals surface area contributed by atoms with Gasteiger partial charge in [0.05, 0.1) is 10.9 Å². The van der Waals surface area contributed by atoms with Gasteiger partial charge in [0.1, 0.15) is 5.52 Å². The fraction of sp³-hybridized carbons (Fsp3) is 0.273. The summed E-state index contributed by atoms with van der Waals surface area (Å²) in [7, 11) is 0. The van der Waals surface area contributed by atoms with Gasteiger partial charge < -0.3 is 5.11 Å². The van der Waals surface area contributed by atoms with E-state index in [9.17, 15) is 4.79 Å². The van der Waals surface area contributed by atoms with Crippen molar-refractivity contribution in [3.63, 3.8) is 0 Å². The molecular weight excluding hydrogens is 238 g/mol. The van der Waals surface area contributed by atoms with Crippen molar-refractivity contribution in [2.75, 3.05) is 5.75 Å². The van der Waals surface area contributed by atoms with Gasteiger partial charge in [-0.05, 0) is 12.1 Å². The van der Waals surface area contributed by atoms with Crippen LogP contribution in [0, 0.1) is 5.92 Å². The Hall–Kier alpha value is -1.69. The molecule has 5 nitrogen and oxygen atoms in total. The van der Waals surface area contributed by atoms with Crippen LogP contribution in [0.1, 0.15) is 6.92 Å². The van der Waals surface area contributed by atoms with Gasteiger partial charge in [0, 0.05) is 18.1 Å². The monoisotopic (exact) mass is 249 g/mol. The summed E-state index contributed by atoms with van der Waals surface area (Å²) in [5.41, 5.74) is 1.32. The predicted molar refractivity (Wildman–Crippen MR) is 64.9 cm³/mol. The molecule has 1 N–H and O–H groups in total. The van der Waals surface area contributed by atoms with Crippen LogP contribution in [0.2, 0.25) is 0 Å². The molecule has 0 aliphatic heterocycles. The largest absolute Gasteiger partial charge is 0.481 e. The lowest BCUT2D eigenvalue weighted by Crippen LogP contribution is -2.11. The minimum absolute atomic E-state index is 0.389. The number of pyridine rings is 1. The number of carbonyl (C=O) groups is 1. The highest BCUT2D eigenvalue weighted by Gasteiger charge is 2.11. The molecule has 0 saturated heterocycles. The van der Waals surface area contributed by atoms with Crippen molar-refractivity contribution in [1.29, 1.82) is 0 Å². The number of aliphatic carboxylic acids is 1. The SMILES string of the molecule is CC(CSc1ccc2nccnc2n1)C(=O)O. The molecule has 2 aromatic heterocycles. The lowest BCUT2D eigenvalue weighted by molar-refractivity contribution is -0.140. The highest BCUT2D eigenvalue weighted by atomic mass is 32.2. The lowest BCUT2D eigenvalue weighted by Gasteiger charge is -2.05. The second-order valence-electron chi connectivity index (χ2n) is 3.60. The summed E-state index contributed by atoms with van der Waals surface area (Å²) < 4.78 is 0. The van der Waals surface area contributed by atoms with Crippen molar-refractivity contribution in [1.82, 2.24) is 15.0 Å². The molecule has 0 aromatic carbocycles. The van der Waals surface area contributed by atoms with Crippen LogP contribution in [-0.2, 0) is 4.79 Å². The third-order valence-corrected chi connectivity index (χ3v) is 3.40. The lowest BCUT2D eigenvalue weighted by atomic mass is 10.2. The van der Waals surface area contributed by atoms with Gasteiger partial charge in [0.2, 0.25) is 0 Å². The van der Waals surface area contributed by atoms with E-state index < -0.39 is 5.97 Å². The molecule has 0 aliphatic rings. The second-order valence-corrected chi connectivity index (χ2v) is 4.64. The maximum absolute atomic E-state index is 10.7. The van der Waals surface area contributed by atoms with E-state index in [-0.39, 0.29) is 5.92 Å². The summed E-state index contributed by atoms with van der Waals surface area (Å²) in [6.07, 6.45) is 3.20. The zero-order valence-corrected chi connectivity index (χ0v) is 10.0. The maximum atomic E-state index is 10.7. The molecule has 1 atom stereocenters. The number of fused-ring (bicyclic) bond motifs is 1. The minimum atomic E-state index is -0.793. The highest BCUT2D eigenvalue weighted by molar-refractivity contribution is 7.99. The Bertz CT molecular complexity index is 547. The van der Waals surface area contributed by atoms with E-state index >= 15 is 0 Å². The molecule has 6 heteroatoms. The van der Waals surface area contributed by atoms with Crippen molar-refractivity contribution in [3.05, 3.63) is 24.5 Å². The summed E-state index contributed by atoms with van der Waals surface area (Å²) in [6, 6.07) is 3.67. The summed E-state index contributed by atoms with van der Waals surface area (Å²) >= 11 is 1.41. The fourth-order valence-electron chi connectivity index (χ4n) is 1.20. The van der Waals surface area contributed by atoms with E-state index in [2.05, 4.69) is 15.0 Å². The zero-order valence-electron chi connectivity index (χ0n) is 9.20. The predicted octanol–water partition coefficient (Wildman–Crippen LogP) is 1.84. The van der Waals surface area contributed by atoms with Crippen LogP contribution in [0.4, 0.5) is 0 Å². The third kappa shape index (κ3) is 2.91. The molecule has 2 heterocycles. The van der Waals surface area contributed by atoms with Crippen LogP contribution in [0.5, 0.6) is 0 Å². The molecule has 1 unspecified atom stereocenters. The molecule has 17 heavy (non-hydrogen) atoms. The van der Waals surface area contributed by atoms with Gasteiger partial charge in [0.25, 0.3) is 0 Å². The molecule has 0 aliphatic carbocycles. The van der Waals surface area contributed by atoms with Gasteiger partial charge in [-0.3, -0.25) is 9.78 Å². The number of hydrogen-bond acceptors (Lipinski definition) is 5. The Morgan fingerprint density at radius 1 is 1.41 bits per heavy atom. The van der Waals surface area contributed by atoms with E-state index in [1.807, 2.05) is 12.1 Å². The number of nitrogens with zero attached hydrogens (tertiary/aromatic N) is 3. The molecule has 88 valence electrons. The quantitative estimate of drug-likeness (QED) is 0.833. The topological polar surface area (TPSA) is 76.0 Å². The zero-order chi connectivity index (χ0) is 12.3. The summed E-state index contributed by atoms with van der Waals surface area (Å²) in [4.78, 5) is 23.2. The number of carboxylic acids is 1. The molecule has 0 spiro atoms. The van der Waals surface area contributed by atoms with Crippen molar-refractivity contribution in [3.8, 4) is 0 Å². The molecule has 0 bridgehead atoms. The Labute approximate surface area is 102 Å². The highest BCUT2D eigenvalue weighted by Crippen LogP contribution is 2.20. The molecule has 0 saturated carbocycles. The van der Waals surface area contributed by atoms with Gasteiger partial charge in [0.15, 0.2) is 5.65 Å². The normalized spacial score (nSPS) is 12.5. The molecular formula is C11H11N3O2S. The van der Waals surface area contributed by atoms with E-state index in [1.54, 1.807) is 19.3 Å². The van der Waals surface area contributed by atoms with Crippen LogP contribution in [0.25, 0.3) is 11.2 Å². The molecule has 2 aromatic rings. The third-order valence-electron chi connectivity index (χ3n) is 2.21.